The Labute approximate surface area is 154 Å². The van der Waals surface area contributed by atoms with Gasteiger partial charge >= 0.3 is 0 Å². The Balaban J connectivity index is 1.80. The molecule has 0 aliphatic carbocycles. The summed E-state index contributed by atoms with van der Waals surface area (Å²) in [4.78, 5) is 15.8. The molecule has 0 bridgehead atoms. The van der Waals surface area contributed by atoms with E-state index in [1.54, 1.807) is 35.9 Å². The molecule has 0 aliphatic rings. The maximum absolute atomic E-state index is 11.9. The van der Waals surface area contributed by atoms with Crippen molar-refractivity contribution in [3.63, 3.8) is 0 Å². The number of hydrogen-bond acceptors (Lipinski definition) is 4. The van der Waals surface area contributed by atoms with Crippen LogP contribution in [0.2, 0.25) is 10.2 Å². The Hall–Kier alpha value is -2.70. The average Bonchev–Trinajstić information content (AvgIpc) is 2.90. The second-order valence-electron chi connectivity index (χ2n) is 5.12. The quantitative estimate of drug-likeness (QED) is 0.560. The highest BCUT2D eigenvalue weighted by Crippen LogP contribution is 2.23. The minimum absolute atomic E-state index is 0.338. The SMILES string of the molecule is Cc1nn(-c2cccc(Cl)c2)c(Cl)c1/C=N/NC(=O)c1ccncc1. The average molecular weight is 374 g/mol. The van der Waals surface area contributed by atoms with Crippen molar-refractivity contribution in [2.75, 3.05) is 0 Å². The number of halogens is 2. The van der Waals surface area contributed by atoms with Crippen LogP contribution in [0.4, 0.5) is 0 Å². The first-order chi connectivity index (χ1) is 12.1. The predicted octanol–water partition coefficient (Wildman–Crippen LogP) is 3.65. The van der Waals surface area contributed by atoms with E-state index in [9.17, 15) is 4.79 Å². The number of carbonyl (C=O) groups is 1. The molecule has 1 N–H and O–H groups in total. The highest BCUT2D eigenvalue weighted by Gasteiger charge is 2.13. The summed E-state index contributed by atoms with van der Waals surface area (Å²) in [7, 11) is 0. The summed E-state index contributed by atoms with van der Waals surface area (Å²) in [6.07, 6.45) is 4.54. The van der Waals surface area contributed by atoms with Gasteiger partial charge in [-0.2, -0.15) is 10.2 Å². The molecule has 1 amide bonds. The van der Waals surface area contributed by atoms with Gasteiger partial charge in [-0.25, -0.2) is 10.1 Å². The predicted molar refractivity (Wildman–Crippen MR) is 97.6 cm³/mol. The van der Waals surface area contributed by atoms with Gasteiger partial charge in [-0.3, -0.25) is 9.78 Å². The molecule has 2 aromatic heterocycles. The van der Waals surface area contributed by atoms with Gasteiger partial charge < -0.3 is 0 Å². The van der Waals surface area contributed by atoms with Crippen LogP contribution in [-0.4, -0.2) is 26.9 Å². The first-order valence-corrected chi connectivity index (χ1v) is 8.06. The van der Waals surface area contributed by atoms with E-state index >= 15 is 0 Å². The summed E-state index contributed by atoms with van der Waals surface area (Å²) in [5.41, 5.74) is 4.93. The molecule has 8 heteroatoms. The lowest BCUT2D eigenvalue weighted by atomic mass is 10.2. The third-order valence-electron chi connectivity index (χ3n) is 3.40. The summed E-state index contributed by atoms with van der Waals surface area (Å²) >= 11 is 12.4. The molecule has 0 radical (unpaired) electrons. The Morgan fingerprint density at radius 1 is 1.24 bits per heavy atom. The molecule has 6 nitrogen and oxygen atoms in total. The molecule has 0 saturated heterocycles. The molecular weight excluding hydrogens is 361 g/mol. The second kappa shape index (κ2) is 7.46. The number of nitrogens with zero attached hydrogens (tertiary/aromatic N) is 4. The van der Waals surface area contributed by atoms with Crippen LogP contribution in [0.15, 0.2) is 53.9 Å². The maximum atomic E-state index is 11.9. The number of pyridine rings is 1. The van der Waals surface area contributed by atoms with Crippen molar-refractivity contribution in [3.05, 3.63) is 75.8 Å². The third-order valence-corrected chi connectivity index (χ3v) is 4.00. The van der Waals surface area contributed by atoms with E-state index in [1.165, 1.54) is 18.6 Å². The van der Waals surface area contributed by atoms with Gasteiger partial charge in [0.05, 0.1) is 23.2 Å². The molecule has 0 fully saturated rings. The number of carbonyl (C=O) groups excluding carboxylic acids is 1. The Kier molecular flexibility index (Phi) is 5.11. The first kappa shape index (κ1) is 17.1. The zero-order valence-corrected chi connectivity index (χ0v) is 14.7. The van der Waals surface area contributed by atoms with Crippen LogP contribution in [0.5, 0.6) is 0 Å². The summed E-state index contributed by atoms with van der Waals surface area (Å²) in [5, 5.41) is 9.31. The lowest BCUT2D eigenvalue weighted by molar-refractivity contribution is 0.0955. The van der Waals surface area contributed by atoms with Gasteiger partial charge in [-0.1, -0.05) is 29.3 Å². The van der Waals surface area contributed by atoms with E-state index in [0.29, 0.717) is 27.0 Å². The molecule has 3 aromatic rings. The fourth-order valence-electron chi connectivity index (χ4n) is 2.16. The highest BCUT2D eigenvalue weighted by molar-refractivity contribution is 6.32. The van der Waals surface area contributed by atoms with Gasteiger partial charge in [0.2, 0.25) is 0 Å². The molecule has 2 heterocycles. The standard InChI is InChI=1S/C17H13Cl2N5O/c1-11-15(10-21-22-17(25)12-5-7-20-8-6-12)16(19)24(23-11)14-4-2-3-13(18)9-14/h2-10H,1H3,(H,22,25)/b21-10+. The van der Waals surface area contributed by atoms with Crippen molar-refractivity contribution in [1.82, 2.24) is 20.2 Å². The molecule has 3 rings (SSSR count). The minimum Gasteiger partial charge on any atom is -0.267 e. The minimum atomic E-state index is -0.338. The van der Waals surface area contributed by atoms with E-state index in [4.69, 9.17) is 23.2 Å². The van der Waals surface area contributed by atoms with Crippen LogP contribution in [0, 0.1) is 6.92 Å². The maximum Gasteiger partial charge on any atom is 0.271 e. The van der Waals surface area contributed by atoms with Crippen LogP contribution < -0.4 is 5.43 Å². The van der Waals surface area contributed by atoms with E-state index in [2.05, 4.69) is 20.6 Å². The number of aromatic nitrogens is 3. The van der Waals surface area contributed by atoms with Crippen molar-refractivity contribution in [2.24, 2.45) is 5.10 Å². The summed E-state index contributed by atoms with van der Waals surface area (Å²) in [6.45, 7) is 1.80. The van der Waals surface area contributed by atoms with Gasteiger partial charge in [-0.15, -0.1) is 0 Å². The molecule has 1 aromatic carbocycles. The molecule has 126 valence electrons. The van der Waals surface area contributed by atoms with Gasteiger partial charge in [0.15, 0.2) is 0 Å². The monoisotopic (exact) mass is 373 g/mol. The molecule has 0 aliphatic heterocycles. The molecule has 25 heavy (non-hydrogen) atoms. The largest absolute Gasteiger partial charge is 0.271 e. The Morgan fingerprint density at radius 2 is 2.00 bits per heavy atom. The van der Waals surface area contributed by atoms with Gasteiger partial charge in [-0.05, 0) is 37.3 Å². The Bertz CT molecular complexity index is 937. The molecule has 0 unspecified atom stereocenters. The fourth-order valence-corrected chi connectivity index (χ4v) is 2.67. The zero-order chi connectivity index (χ0) is 17.8. The number of rotatable bonds is 4. The number of hydrogen-bond donors (Lipinski definition) is 1. The van der Waals surface area contributed by atoms with Crippen LogP contribution in [0.25, 0.3) is 5.69 Å². The van der Waals surface area contributed by atoms with Crippen molar-refractivity contribution in [2.45, 2.75) is 6.92 Å². The van der Waals surface area contributed by atoms with E-state index in [0.717, 1.165) is 5.69 Å². The Morgan fingerprint density at radius 3 is 2.72 bits per heavy atom. The number of nitrogens with one attached hydrogen (secondary N) is 1. The van der Waals surface area contributed by atoms with Crippen LogP contribution in [-0.2, 0) is 0 Å². The fraction of sp³-hybridized carbons (Fsp3) is 0.0588. The molecule has 0 atom stereocenters. The van der Waals surface area contributed by atoms with Crippen molar-refractivity contribution < 1.29 is 4.79 Å². The van der Waals surface area contributed by atoms with Crippen LogP contribution >= 0.6 is 23.2 Å². The topological polar surface area (TPSA) is 72.2 Å². The van der Waals surface area contributed by atoms with Crippen LogP contribution in [0.1, 0.15) is 21.6 Å². The molecule has 0 spiro atoms. The zero-order valence-electron chi connectivity index (χ0n) is 13.1. The molecule has 0 saturated carbocycles. The van der Waals surface area contributed by atoms with Gasteiger partial charge in [0.1, 0.15) is 5.15 Å². The third kappa shape index (κ3) is 3.87. The smallest absolute Gasteiger partial charge is 0.267 e. The summed E-state index contributed by atoms with van der Waals surface area (Å²) in [6, 6.07) is 10.4. The number of amides is 1. The van der Waals surface area contributed by atoms with Crippen molar-refractivity contribution >= 4 is 35.3 Å². The van der Waals surface area contributed by atoms with E-state index < -0.39 is 0 Å². The van der Waals surface area contributed by atoms with E-state index in [-0.39, 0.29) is 5.91 Å². The van der Waals surface area contributed by atoms with E-state index in [1.807, 2.05) is 12.1 Å². The lowest BCUT2D eigenvalue weighted by Crippen LogP contribution is -2.17. The van der Waals surface area contributed by atoms with Crippen molar-refractivity contribution in [1.29, 1.82) is 0 Å². The normalized spacial score (nSPS) is 11.0. The number of benzene rings is 1. The first-order valence-electron chi connectivity index (χ1n) is 7.31. The number of aryl methyl sites for hydroxylation is 1. The van der Waals surface area contributed by atoms with Crippen LogP contribution in [0.3, 0.4) is 0 Å². The highest BCUT2D eigenvalue weighted by atomic mass is 35.5. The molecular formula is C17H13Cl2N5O. The summed E-state index contributed by atoms with van der Waals surface area (Å²) in [5.74, 6) is -0.338. The van der Waals surface area contributed by atoms with Gasteiger partial charge in [0.25, 0.3) is 5.91 Å². The summed E-state index contributed by atoms with van der Waals surface area (Å²) < 4.78 is 1.56. The van der Waals surface area contributed by atoms with Crippen molar-refractivity contribution in [3.8, 4) is 5.69 Å². The lowest BCUT2D eigenvalue weighted by Gasteiger charge is -2.03. The van der Waals surface area contributed by atoms with Gasteiger partial charge in [0, 0.05) is 23.0 Å². The second-order valence-corrected chi connectivity index (χ2v) is 5.91. The number of hydrazone groups is 1.